The molecule has 1 aliphatic heterocycles. The SMILES string of the molecule is NCc1cccc2c1ccn2C1COCC1O. The number of hydrogen-bond donors (Lipinski definition) is 2. The molecule has 1 aromatic heterocycles. The van der Waals surface area contributed by atoms with Crippen LogP contribution < -0.4 is 5.73 Å². The third kappa shape index (κ3) is 1.65. The van der Waals surface area contributed by atoms with E-state index in [2.05, 4.69) is 16.7 Å². The van der Waals surface area contributed by atoms with Gasteiger partial charge in [0, 0.05) is 23.6 Å². The number of benzene rings is 1. The van der Waals surface area contributed by atoms with Crippen LogP contribution in [0.25, 0.3) is 10.9 Å². The van der Waals surface area contributed by atoms with Crippen LogP contribution in [-0.2, 0) is 11.3 Å². The van der Waals surface area contributed by atoms with Crippen molar-refractivity contribution in [3.63, 3.8) is 0 Å². The molecule has 3 rings (SSSR count). The Labute approximate surface area is 99.6 Å². The van der Waals surface area contributed by atoms with Crippen LogP contribution in [0.3, 0.4) is 0 Å². The van der Waals surface area contributed by atoms with Gasteiger partial charge in [-0.25, -0.2) is 0 Å². The van der Waals surface area contributed by atoms with Gasteiger partial charge in [0.2, 0.25) is 0 Å². The molecule has 2 aromatic rings. The van der Waals surface area contributed by atoms with E-state index in [1.165, 1.54) is 0 Å². The molecule has 0 amide bonds. The van der Waals surface area contributed by atoms with Gasteiger partial charge >= 0.3 is 0 Å². The molecule has 4 heteroatoms. The molecule has 0 saturated carbocycles. The maximum atomic E-state index is 9.88. The van der Waals surface area contributed by atoms with Gasteiger partial charge in [-0.05, 0) is 17.7 Å². The van der Waals surface area contributed by atoms with Gasteiger partial charge in [-0.1, -0.05) is 12.1 Å². The van der Waals surface area contributed by atoms with Crippen LogP contribution in [-0.4, -0.2) is 29.0 Å². The number of rotatable bonds is 2. The molecule has 0 aliphatic carbocycles. The van der Waals surface area contributed by atoms with Gasteiger partial charge in [-0.2, -0.15) is 0 Å². The zero-order valence-corrected chi connectivity index (χ0v) is 9.54. The fourth-order valence-electron chi connectivity index (χ4n) is 2.52. The van der Waals surface area contributed by atoms with Crippen molar-refractivity contribution in [3.8, 4) is 0 Å². The average molecular weight is 232 g/mol. The summed E-state index contributed by atoms with van der Waals surface area (Å²) in [5, 5.41) is 11.0. The number of aromatic nitrogens is 1. The second-order valence-corrected chi connectivity index (χ2v) is 4.45. The predicted octanol–water partition coefficient (Wildman–Crippen LogP) is 1.03. The van der Waals surface area contributed by atoms with Crippen molar-refractivity contribution in [1.82, 2.24) is 4.57 Å². The zero-order chi connectivity index (χ0) is 11.8. The van der Waals surface area contributed by atoms with E-state index >= 15 is 0 Å². The molecular weight excluding hydrogens is 216 g/mol. The summed E-state index contributed by atoms with van der Waals surface area (Å²) in [6, 6.07) is 8.17. The van der Waals surface area contributed by atoms with Crippen LogP contribution in [0.15, 0.2) is 30.5 Å². The molecule has 1 aliphatic rings. The molecule has 0 spiro atoms. The Hall–Kier alpha value is -1.36. The third-order valence-electron chi connectivity index (χ3n) is 3.45. The first-order chi connectivity index (χ1) is 8.31. The first-order valence-electron chi connectivity index (χ1n) is 5.85. The minimum absolute atomic E-state index is 0.0144. The largest absolute Gasteiger partial charge is 0.388 e. The van der Waals surface area contributed by atoms with Crippen LogP contribution in [0.2, 0.25) is 0 Å². The lowest BCUT2D eigenvalue weighted by molar-refractivity contribution is 0.120. The van der Waals surface area contributed by atoms with Crippen molar-refractivity contribution >= 4 is 10.9 Å². The van der Waals surface area contributed by atoms with Gasteiger partial charge in [0.1, 0.15) is 6.10 Å². The summed E-state index contributed by atoms with van der Waals surface area (Å²) in [5.41, 5.74) is 7.97. The van der Waals surface area contributed by atoms with E-state index in [4.69, 9.17) is 10.5 Å². The summed E-state index contributed by atoms with van der Waals surface area (Å²) < 4.78 is 7.39. The molecule has 90 valence electrons. The van der Waals surface area contributed by atoms with Gasteiger partial charge in [0.25, 0.3) is 0 Å². The van der Waals surface area contributed by atoms with Gasteiger partial charge in [-0.15, -0.1) is 0 Å². The van der Waals surface area contributed by atoms with E-state index < -0.39 is 6.10 Å². The summed E-state index contributed by atoms with van der Waals surface area (Å²) in [7, 11) is 0. The lowest BCUT2D eigenvalue weighted by atomic mass is 10.1. The Bertz CT molecular complexity index is 535. The summed E-state index contributed by atoms with van der Waals surface area (Å²) in [6.07, 6.45) is 1.58. The average Bonchev–Trinajstić information content (AvgIpc) is 2.94. The third-order valence-corrected chi connectivity index (χ3v) is 3.45. The highest BCUT2D eigenvalue weighted by Gasteiger charge is 2.28. The first-order valence-corrected chi connectivity index (χ1v) is 5.85. The van der Waals surface area contributed by atoms with Gasteiger partial charge < -0.3 is 20.1 Å². The van der Waals surface area contributed by atoms with Crippen molar-refractivity contribution in [2.45, 2.75) is 18.7 Å². The van der Waals surface area contributed by atoms with Crippen molar-refractivity contribution < 1.29 is 9.84 Å². The minimum atomic E-state index is -0.424. The van der Waals surface area contributed by atoms with Crippen LogP contribution >= 0.6 is 0 Å². The molecule has 17 heavy (non-hydrogen) atoms. The van der Waals surface area contributed by atoms with Crippen LogP contribution in [0.4, 0.5) is 0 Å². The number of nitrogens with two attached hydrogens (primary N) is 1. The smallest absolute Gasteiger partial charge is 0.100 e. The molecule has 3 N–H and O–H groups in total. The lowest BCUT2D eigenvalue weighted by Gasteiger charge is -2.16. The fourth-order valence-corrected chi connectivity index (χ4v) is 2.52. The van der Waals surface area contributed by atoms with Crippen molar-refractivity contribution in [2.75, 3.05) is 13.2 Å². The van der Waals surface area contributed by atoms with Crippen LogP contribution in [0.5, 0.6) is 0 Å². The highest BCUT2D eigenvalue weighted by Crippen LogP contribution is 2.27. The molecule has 1 fully saturated rings. The minimum Gasteiger partial charge on any atom is -0.388 e. The molecule has 1 saturated heterocycles. The Balaban J connectivity index is 2.12. The Morgan fingerprint density at radius 2 is 2.24 bits per heavy atom. The van der Waals surface area contributed by atoms with E-state index in [1.54, 1.807) is 0 Å². The van der Waals surface area contributed by atoms with Gasteiger partial charge in [0.15, 0.2) is 0 Å². The maximum Gasteiger partial charge on any atom is 0.100 e. The number of hydrogen-bond acceptors (Lipinski definition) is 3. The molecule has 0 radical (unpaired) electrons. The van der Waals surface area contributed by atoms with Crippen molar-refractivity contribution in [3.05, 3.63) is 36.0 Å². The Morgan fingerprint density at radius 3 is 2.94 bits per heavy atom. The quantitative estimate of drug-likeness (QED) is 0.813. The molecule has 4 nitrogen and oxygen atoms in total. The topological polar surface area (TPSA) is 60.4 Å². The van der Waals surface area contributed by atoms with Crippen LogP contribution in [0, 0.1) is 0 Å². The number of aliphatic hydroxyl groups excluding tert-OH is 1. The highest BCUT2D eigenvalue weighted by atomic mass is 16.5. The number of fused-ring (bicyclic) bond motifs is 1. The molecule has 2 heterocycles. The zero-order valence-electron chi connectivity index (χ0n) is 9.54. The summed E-state index contributed by atoms with van der Waals surface area (Å²) >= 11 is 0. The maximum absolute atomic E-state index is 9.88. The van der Waals surface area contributed by atoms with E-state index in [0.29, 0.717) is 19.8 Å². The highest BCUT2D eigenvalue weighted by molar-refractivity contribution is 5.83. The molecule has 1 aromatic carbocycles. The van der Waals surface area contributed by atoms with Crippen molar-refractivity contribution in [1.29, 1.82) is 0 Å². The first kappa shape index (κ1) is 10.8. The van der Waals surface area contributed by atoms with E-state index in [0.717, 1.165) is 16.5 Å². The van der Waals surface area contributed by atoms with E-state index in [9.17, 15) is 5.11 Å². The molecular formula is C13H16N2O2. The number of ether oxygens (including phenoxy) is 1. The van der Waals surface area contributed by atoms with Crippen LogP contribution in [0.1, 0.15) is 11.6 Å². The normalized spacial score (nSPS) is 24.6. The van der Waals surface area contributed by atoms with E-state index in [-0.39, 0.29) is 6.04 Å². The number of aliphatic hydroxyl groups is 1. The van der Waals surface area contributed by atoms with Gasteiger partial charge in [-0.3, -0.25) is 0 Å². The molecule has 2 atom stereocenters. The number of nitrogens with zero attached hydrogens (tertiary/aromatic N) is 1. The lowest BCUT2D eigenvalue weighted by Crippen LogP contribution is -2.21. The standard InChI is InChI=1S/C13H16N2O2/c14-6-9-2-1-3-11-10(9)4-5-15(11)12-7-17-8-13(12)16/h1-5,12-13,16H,6-8,14H2. The Morgan fingerprint density at radius 1 is 1.35 bits per heavy atom. The second-order valence-electron chi connectivity index (χ2n) is 4.45. The second kappa shape index (κ2) is 4.14. The Kier molecular flexibility index (Phi) is 2.63. The molecule has 0 bridgehead atoms. The van der Waals surface area contributed by atoms with E-state index in [1.807, 2.05) is 18.3 Å². The van der Waals surface area contributed by atoms with Gasteiger partial charge in [0.05, 0.1) is 19.3 Å². The van der Waals surface area contributed by atoms with Crippen molar-refractivity contribution in [2.24, 2.45) is 5.73 Å². The summed E-state index contributed by atoms with van der Waals surface area (Å²) in [5.74, 6) is 0. The fraction of sp³-hybridized carbons (Fsp3) is 0.385. The summed E-state index contributed by atoms with van der Waals surface area (Å²) in [4.78, 5) is 0. The molecule has 2 unspecified atom stereocenters. The predicted molar refractivity (Wildman–Crippen MR) is 65.7 cm³/mol. The monoisotopic (exact) mass is 232 g/mol. The summed E-state index contributed by atoms with van der Waals surface area (Å²) in [6.45, 7) is 1.52.